The lowest BCUT2D eigenvalue weighted by molar-refractivity contribution is -0.392. The second kappa shape index (κ2) is 13.7. The van der Waals surface area contributed by atoms with Gasteiger partial charge in [-0.05, 0) is 43.7 Å². The van der Waals surface area contributed by atoms with Crippen LogP contribution in [0, 0.1) is 57.7 Å². The van der Waals surface area contributed by atoms with E-state index in [1.165, 1.54) is 34.6 Å². The van der Waals surface area contributed by atoms with Crippen molar-refractivity contribution in [3.63, 3.8) is 0 Å². The summed E-state index contributed by atoms with van der Waals surface area (Å²) in [4.78, 5) is 39.9. The topological polar surface area (TPSA) is 158 Å². The van der Waals surface area contributed by atoms with Crippen LogP contribution in [-0.4, -0.2) is 43.9 Å². The fraction of sp³-hybridized carbons (Fsp3) is 0.452. The summed E-state index contributed by atoms with van der Waals surface area (Å²) in [5.74, 6) is 2.92. The fourth-order valence-corrected chi connectivity index (χ4v) is 6.10. The summed E-state index contributed by atoms with van der Waals surface area (Å²) in [6, 6.07) is 4.10. The zero-order valence-corrected chi connectivity index (χ0v) is 27.4. The van der Waals surface area contributed by atoms with Crippen molar-refractivity contribution < 1.29 is 23.8 Å². The number of ether oxygens (including phenoxy) is 1. The number of anilines is 2. The molecule has 1 amide bonds. The van der Waals surface area contributed by atoms with Gasteiger partial charge in [-0.1, -0.05) is 33.6 Å². The molecule has 0 spiro atoms. The third kappa shape index (κ3) is 7.02. The highest BCUT2D eigenvalue weighted by Crippen LogP contribution is 2.40. The molecule has 0 fully saturated rings. The van der Waals surface area contributed by atoms with Gasteiger partial charge < -0.3 is 14.6 Å². The molecule has 0 radical (unpaired) electrons. The van der Waals surface area contributed by atoms with E-state index in [2.05, 4.69) is 34.5 Å². The van der Waals surface area contributed by atoms with Gasteiger partial charge in [0.15, 0.2) is 18.1 Å². The van der Waals surface area contributed by atoms with Gasteiger partial charge in [-0.25, -0.2) is 9.38 Å². The zero-order chi connectivity index (χ0) is 33.9. The summed E-state index contributed by atoms with van der Waals surface area (Å²) in [5, 5.41) is 25.4. The molecule has 2 aliphatic rings. The number of amides is 1. The Morgan fingerprint density at radius 1 is 1.22 bits per heavy atom. The SMILES string of the molecule is C#CCN1C(=O)COc2cc(F)c(N=c3snc4n3CC(C)(C)C4)cc21.CCC(CC)Nc1c([N+](=O)[O-])cc(C)c(C)c1[N+](=O)[O-]. The summed E-state index contributed by atoms with van der Waals surface area (Å²) in [6.07, 6.45) is 7.68. The molecule has 244 valence electrons. The lowest BCUT2D eigenvalue weighted by atomic mass is 9.92. The maximum Gasteiger partial charge on any atom is 0.302 e. The highest BCUT2D eigenvalue weighted by molar-refractivity contribution is 7.02. The smallest absolute Gasteiger partial charge is 0.302 e. The standard InChI is InChI=1S/C18H17FN4O2S.C13H19N3O4/c1-4-5-22-13-7-12(11(19)6-14(13)25-9-16(22)24)20-17-23-10-18(2,3)8-15(23)21-26-17;1-5-10(6-2)14-12-11(15(17)18)7-8(3)9(4)13(12)16(19)20/h1,6-7H,5,8-10H2,2-3H3;7,10,14H,5-6H2,1-4H3. The van der Waals surface area contributed by atoms with Crippen LogP contribution in [0.5, 0.6) is 5.75 Å². The molecular weight excluding hydrogens is 617 g/mol. The van der Waals surface area contributed by atoms with E-state index in [1.54, 1.807) is 13.8 Å². The molecular formula is C31H36FN7O6S. The van der Waals surface area contributed by atoms with Gasteiger partial charge in [0.1, 0.15) is 17.3 Å². The average molecular weight is 654 g/mol. The molecule has 0 atom stereocenters. The van der Waals surface area contributed by atoms with E-state index in [4.69, 9.17) is 11.2 Å². The third-order valence-electron chi connectivity index (χ3n) is 7.94. The number of aryl methyl sites for hydroxylation is 1. The normalized spacial score (nSPS) is 15.0. The van der Waals surface area contributed by atoms with Crippen molar-refractivity contribution in [2.75, 3.05) is 23.4 Å². The molecule has 2 aromatic carbocycles. The molecule has 1 aromatic heterocycles. The van der Waals surface area contributed by atoms with Crippen LogP contribution in [0.1, 0.15) is 57.5 Å². The molecule has 2 aliphatic heterocycles. The van der Waals surface area contributed by atoms with E-state index in [9.17, 15) is 29.4 Å². The summed E-state index contributed by atoms with van der Waals surface area (Å²) in [6.45, 7) is 12.2. The Morgan fingerprint density at radius 3 is 2.52 bits per heavy atom. The van der Waals surface area contributed by atoms with Crippen molar-refractivity contribution in [2.45, 2.75) is 73.4 Å². The first-order valence-corrected chi connectivity index (χ1v) is 15.5. The second-order valence-electron chi connectivity index (χ2n) is 11.9. The number of rotatable bonds is 8. The number of hydrogen-bond acceptors (Lipinski definition) is 10. The van der Waals surface area contributed by atoms with Crippen LogP contribution in [0.3, 0.4) is 0 Å². The number of nitro groups is 2. The van der Waals surface area contributed by atoms with Gasteiger partial charge in [0.2, 0.25) is 4.80 Å². The Balaban J connectivity index is 0.000000217. The van der Waals surface area contributed by atoms with E-state index in [-0.39, 0.29) is 53.3 Å². The first-order chi connectivity index (χ1) is 21.7. The molecule has 15 heteroatoms. The predicted molar refractivity (Wildman–Crippen MR) is 173 cm³/mol. The largest absolute Gasteiger partial charge is 0.481 e. The molecule has 3 aromatic rings. The Labute approximate surface area is 269 Å². The molecule has 0 saturated carbocycles. The monoisotopic (exact) mass is 653 g/mol. The number of carbonyl (C=O) groups excluding carboxylic acids is 1. The molecule has 1 N–H and O–H groups in total. The molecule has 3 heterocycles. The van der Waals surface area contributed by atoms with Crippen LogP contribution < -0.4 is 19.8 Å². The Kier molecular flexibility index (Phi) is 10.1. The van der Waals surface area contributed by atoms with Crippen molar-refractivity contribution >= 4 is 45.9 Å². The first-order valence-electron chi connectivity index (χ1n) is 14.7. The number of benzene rings is 2. The van der Waals surface area contributed by atoms with Crippen molar-refractivity contribution in [1.82, 2.24) is 8.94 Å². The third-order valence-corrected chi connectivity index (χ3v) is 8.72. The number of nitrogens with one attached hydrogen (secondary N) is 1. The molecule has 0 bridgehead atoms. The van der Waals surface area contributed by atoms with Crippen LogP contribution in [0.4, 0.5) is 32.8 Å². The number of fused-ring (bicyclic) bond motifs is 2. The number of nitrogens with zero attached hydrogens (tertiary/aromatic N) is 6. The van der Waals surface area contributed by atoms with Gasteiger partial charge in [-0.2, -0.15) is 4.37 Å². The maximum atomic E-state index is 14.5. The minimum Gasteiger partial charge on any atom is -0.481 e. The summed E-state index contributed by atoms with van der Waals surface area (Å²) in [5.41, 5.74) is 1.23. The minimum absolute atomic E-state index is 0.0109. The van der Waals surface area contributed by atoms with Crippen molar-refractivity contribution in [3.8, 4) is 18.1 Å². The molecule has 0 unspecified atom stereocenters. The molecule has 0 aliphatic carbocycles. The van der Waals surface area contributed by atoms with E-state index in [0.717, 1.165) is 31.6 Å². The number of carbonyl (C=O) groups is 1. The fourth-order valence-electron chi connectivity index (χ4n) is 5.34. The molecule has 5 rings (SSSR count). The minimum atomic E-state index is -0.579. The lowest BCUT2D eigenvalue weighted by Crippen LogP contribution is -2.39. The number of hydrogen-bond donors (Lipinski definition) is 1. The highest BCUT2D eigenvalue weighted by atomic mass is 32.1. The Bertz CT molecular complexity index is 1810. The van der Waals surface area contributed by atoms with E-state index >= 15 is 0 Å². The van der Waals surface area contributed by atoms with Crippen molar-refractivity contribution in [1.29, 1.82) is 0 Å². The molecule has 0 saturated heterocycles. The zero-order valence-electron chi connectivity index (χ0n) is 26.5. The van der Waals surface area contributed by atoms with E-state index < -0.39 is 15.7 Å². The van der Waals surface area contributed by atoms with E-state index in [1.807, 2.05) is 18.4 Å². The van der Waals surface area contributed by atoms with Crippen LogP contribution >= 0.6 is 11.5 Å². The number of halogens is 1. The quantitative estimate of drug-likeness (QED) is 0.177. The van der Waals surface area contributed by atoms with Gasteiger partial charge in [-0.15, -0.1) is 6.42 Å². The summed E-state index contributed by atoms with van der Waals surface area (Å²) in [7, 11) is 0. The van der Waals surface area contributed by atoms with Crippen LogP contribution in [-0.2, 0) is 17.8 Å². The van der Waals surface area contributed by atoms with Crippen LogP contribution in [0.25, 0.3) is 0 Å². The summed E-state index contributed by atoms with van der Waals surface area (Å²) >= 11 is 1.24. The lowest BCUT2D eigenvalue weighted by Gasteiger charge is -2.28. The number of terminal acetylenes is 1. The highest BCUT2D eigenvalue weighted by Gasteiger charge is 2.32. The van der Waals surface area contributed by atoms with E-state index in [0.29, 0.717) is 27.4 Å². The number of aromatic nitrogens is 2. The van der Waals surface area contributed by atoms with Crippen LogP contribution in [0.15, 0.2) is 23.2 Å². The predicted octanol–water partition coefficient (Wildman–Crippen LogP) is 5.98. The van der Waals surface area contributed by atoms with Gasteiger partial charge in [-0.3, -0.25) is 29.9 Å². The Morgan fingerprint density at radius 2 is 1.91 bits per heavy atom. The van der Waals surface area contributed by atoms with Gasteiger partial charge in [0.25, 0.3) is 11.6 Å². The average Bonchev–Trinajstić information content (AvgIpc) is 3.50. The summed E-state index contributed by atoms with van der Waals surface area (Å²) < 4.78 is 26.3. The number of nitro benzene ring substituents is 2. The maximum absolute atomic E-state index is 14.5. The second-order valence-corrected chi connectivity index (χ2v) is 12.6. The molecule has 13 nitrogen and oxygen atoms in total. The van der Waals surface area contributed by atoms with Crippen molar-refractivity contribution in [2.24, 2.45) is 10.4 Å². The molecule has 46 heavy (non-hydrogen) atoms. The first kappa shape index (κ1) is 34.0. The van der Waals surface area contributed by atoms with Gasteiger partial charge in [0, 0.05) is 48.2 Å². The van der Waals surface area contributed by atoms with Gasteiger partial charge in [0.05, 0.1) is 22.1 Å². The van der Waals surface area contributed by atoms with Gasteiger partial charge >= 0.3 is 5.69 Å². The van der Waals surface area contributed by atoms with Crippen LogP contribution in [0.2, 0.25) is 0 Å². The Hall–Kier alpha value is -4.84. The van der Waals surface area contributed by atoms with Crippen molar-refractivity contribution in [3.05, 3.63) is 66.0 Å².